The van der Waals surface area contributed by atoms with E-state index in [4.69, 9.17) is 4.42 Å². The quantitative estimate of drug-likeness (QED) is 0.156. The molecule has 6 aromatic carbocycles. The lowest BCUT2D eigenvalue weighted by molar-refractivity contribution is 0.663. The molecule has 8 rings (SSSR count). The van der Waals surface area contributed by atoms with Gasteiger partial charge in [0.25, 0.3) is 11.1 Å². The third-order valence-corrected chi connectivity index (χ3v) is 8.88. The average Bonchev–Trinajstić information content (AvgIpc) is 3.05. The summed E-state index contributed by atoms with van der Waals surface area (Å²) in [6.45, 7) is 6.14. The topological polar surface area (TPSA) is 52.2 Å². The minimum absolute atomic E-state index is 0.118. The second-order valence-corrected chi connectivity index (χ2v) is 11.8. The summed E-state index contributed by atoms with van der Waals surface area (Å²) in [5.74, 6) is 0.118. The lowest BCUT2D eigenvalue weighted by Crippen LogP contribution is -2.33. The second-order valence-electron chi connectivity index (χ2n) is 11.8. The number of fused-ring (bicyclic) bond motifs is 2. The van der Waals surface area contributed by atoms with Crippen molar-refractivity contribution in [3.8, 4) is 27.9 Å². The Balaban J connectivity index is 1.69. The van der Waals surface area contributed by atoms with Crippen molar-refractivity contribution in [2.24, 2.45) is 0 Å². The molecule has 0 spiro atoms. The van der Waals surface area contributed by atoms with Gasteiger partial charge >= 0.3 is 0 Å². The molecule has 212 valence electrons. The first kappa shape index (κ1) is 26.2. The molecule has 0 bridgehead atoms. The molecule has 8 aromatic rings. The van der Waals surface area contributed by atoms with Crippen LogP contribution in [0.1, 0.15) is 30.9 Å². The second kappa shape index (κ2) is 9.78. The van der Waals surface area contributed by atoms with Gasteiger partial charge in [0.1, 0.15) is 11.2 Å². The number of para-hydroxylation sites is 2. The summed E-state index contributed by atoms with van der Waals surface area (Å²) in [6.07, 6.45) is 0. The van der Waals surface area contributed by atoms with Gasteiger partial charge in [-0.2, -0.15) is 0 Å². The Labute approximate surface area is 253 Å². The van der Waals surface area contributed by atoms with Crippen molar-refractivity contribution in [2.45, 2.75) is 26.7 Å². The number of nitrogens with zero attached hydrogens (tertiary/aromatic N) is 1. The van der Waals surface area contributed by atoms with Gasteiger partial charge in [0.15, 0.2) is 0 Å². The van der Waals surface area contributed by atoms with Crippen molar-refractivity contribution in [3.63, 3.8) is 0 Å². The third-order valence-electron chi connectivity index (χ3n) is 8.88. The van der Waals surface area contributed by atoms with Crippen LogP contribution in [0.15, 0.2) is 129 Å². The minimum Gasteiger partial charge on any atom is -0.455 e. The molecule has 0 saturated carbocycles. The molecule has 0 aliphatic carbocycles. The van der Waals surface area contributed by atoms with Gasteiger partial charge in [-0.25, -0.2) is 4.57 Å². The SMILES string of the molecule is Cc1cccc(C(C)C)c1-n1c(=O)c2cc(-c3ccccc3)c3oc4ccccc4c4c(-c5ccccc5)cc(c1=O)c2c34. The van der Waals surface area contributed by atoms with Gasteiger partial charge in [-0.05, 0) is 58.9 Å². The largest absolute Gasteiger partial charge is 0.455 e. The summed E-state index contributed by atoms with van der Waals surface area (Å²) in [7, 11) is 0. The molecule has 0 atom stereocenters. The summed E-state index contributed by atoms with van der Waals surface area (Å²) in [4.78, 5) is 29.4. The van der Waals surface area contributed by atoms with Gasteiger partial charge in [0.05, 0.1) is 5.69 Å². The van der Waals surface area contributed by atoms with E-state index >= 15 is 0 Å². The maximum Gasteiger partial charge on any atom is 0.266 e. The predicted molar refractivity (Wildman–Crippen MR) is 181 cm³/mol. The van der Waals surface area contributed by atoms with Crippen LogP contribution >= 0.6 is 0 Å². The summed E-state index contributed by atoms with van der Waals surface area (Å²) < 4.78 is 8.13. The fourth-order valence-corrected chi connectivity index (χ4v) is 6.87. The van der Waals surface area contributed by atoms with Crippen LogP contribution in [0.5, 0.6) is 0 Å². The first-order chi connectivity index (χ1) is 21.4. The molecule has 4 nitrogen and oxygen atoms in total. The molecule has 0 N–H and O–H groups in total. The molecule has 0 fully saturated rings. The highest BCUT2D eigenvalue weighted by molar-refractivity contribution is 6.32. The van der Waals surface area contributed by atoms with Gasteiger partial charge < -0.3 is 4.42 Å². The average molecular weight is 572 g/mol. The Morgan fingerprint density at radius 1 is 0.591 bits per heavy atom. The highest BCUT2D eigenvalue weighted by atomic mass is 16.3. The van der Waals surface area contributed by atoms with Crippen LogP contribution in [-0.4, -0.2) is 4.57 Å². The van der Waals surface area contributed by atoms with E-state index in [2.05, 4.69) is 32.0 Å². The fraction of sp³-hybridized carbons (Fsp3) is 0.100. The molecule has 2 heterocycles. The number of pyridine rings is 1. The van der Waals surface area contributed by atoms with Crippen LogP contribution < -0.4 is 11.1 Å². The highest BCUT2D eigenvalue weighted by Gasteiger charge is 2.26. The zero-order valence-corrected chi connectivity index (χ0v) is 24.7. The maximum atomic E-state index is 14.7. The fourth-order valence-electron chi connectivity index (χ4n) is 6.87. The standard InChI is InChI=1S/C40H29NO3/c1-23(2)27-19-12-13-24(3)37(27)41-39(42)31-21-29(25-14-6-4-7-15-25)34-28-18-10-11-20-33(28)44-38-30(26-16-8-5-9-17-26)22-32(40(41)43)35(31)36(34)38/h4-23H,1-3H3. The van der Waals surface area contributed by atoms with Gasteiger partial charge in [-0.15, -0.1) is 0 Å². The molecular formula is C40H29NO3. The molecule has 0 radical (unpaired) electrons. The van der Waals surface area contributed by atoms with Gasteiger partial charge in [-0.1, -0.05) is 111 Å². The van der Waals surface area contributed by atoms with Crippen LogP contribution in [0.25, 0.3) is 71.4 Å². The lowest BCUT2D eigenvalue weighted by atomic mass is 9.87. The predicted octanol–water partition coefficient (Wildman–Crippen LogP) is 9.61. The van der Waals surface area contributed by atoms with Gasteiger partial charge in [-0.3, -0.25) is 9.59 Å². The number of aryl methyl sites for hydroxylation is 1. The van der Waals surface area contributed by atoms with Gasteiger partial charge in [0.2, 0.25) is 0 Å². The zero-order valence-electron chi connectivity index (χ0n) is 24.7. The molecule has 0 aliphatic heterocycles. The molecule has 4 heteroatoms. The number of aromatic nitrogens is 1. The molecular weight excluding hydrogens is 542 g/mol. The van der Waals surface area contributed by atoms with E-state index in [9.17, 15) is 9.59 Å². The first-order valence-electron chi connectivity index (χ1n) is 15.0. The Morgan fingerprint density at radius 3 is 1.84 bits per heavy atom. The van der Waals surface area contributed by atoms with Crippen molar-refractivity contribution in [2.75, 3.05) is 0 Å². The van der Waals surface area contributed by atoms with E-state index in [0.717, 1.165) is 55.1 Å². The van der Waals surface area contributed by atoms with Crippen molar-refractivity contribution in [3.05, 3.63) is 147 Å². The van der Waals surface area contributed by atoms with E-state index in [1.54, 1.807) is 0 Å². The van der Waals surface area contributed by atoms with E-state index in [1.165, 1.54) is 4.57 Å². The van der Waals surface area contributed by atoms with Crippen LogP contribution in [0.4, 0.5) is 0 Å². The lowest BCUT2D eigenvalue weighted by Gasteiger charge is -2.21. The van der Waals surface area contributed by atoms with E-state index < -0.39 is 0 Å². The molecule has 2 aromatic heterocycles. The number of hydrogen-bond acceptors (Lipinski definition) is 3. The Hall–Kier alpha value is -5.48. The molecule has 0 saturated heterocycles. The monoisotopic (exact) mass is 571 g/mol. The normalized spacial score (nSPS) is 11.9. The Bertz CT molecular complexity index is 2470. The van der Waals surface area contributed by atoms with Crippen LogP contribution in [0.2, 0.25) is 0 Å². The van der Waals surface area contributed by atoms with Crippen molar-refractivity contribution < 1.29 is 4.42 Å². The van der Waals surface area contributed by atoms with E-state index in [-0.39, 0.29) is 17.0 Å². The van der Waals surface area contributed by atoms with Crippen LogP contribution in [0.3, 0.4) is 0 Å². The zero-order chi connectivity index (χ0) is 30.1. The summed E-state index contributed by atoms with van der Waals surface area (Å²) in [6, 6.07) is 38.0. The van der Waals surface area contributed by atoms with Crippen LogP contribution in [0, 0.1) is 6.92 Å². The van der Waals surface area contributed by atoms with Crippen molar-refractivity contribution in [1.29, 1.82) is 0 Å². The summed E-state index contributed by atoms with van der Waals surface area (Å²) in [5.41, 5.74) is 6.96. The molecule has 44 heavy (non-hydrogen) atoms. The highest BCUT2D eigenvalue weighted by Crippen LogP contribution is 2.46. The van der Waals surface area contributed by atoms with Crippen LogP contribution in [-0.2, 0) is 0 Å². The number of benzene rings is 6. The maximum absolute atomic E-state index is 14.7. The van der Waals surface area contributed by atoms with E-state index in [0.29, 0.717) is 27.4 Å². The Morgan fingerprint density at radius 2 is 1.18 bits per heavy atom. The Kier molecular flexibility index (Phi) is 5.82. The van der Waals surface area contributed by atoms with Gasteiger partial charge in [0, 0.05) is 37.9 Å². The smallest absolute Gasteiger partial charge is 0.266 e. The third kappa shape index (κ3) is 3.70. The van der Waals surface area contributed by atoms with Crippen molar-refractivity contribution >= 4 is 43.5 Å². The molecule has 0 amide bonds. The molecule has 0 aliphatic rings. The minimum atomic E-state index is -0.320. The van der Waals surface area contributed by atoms with E-state index in [1.807, 2.05) is 104 Å². The summed E-state index contributed by atoms with van der Waals surface area (Å²) >= 11 is 0. The first-order valence-corrected chi connectivity index (χ1v) is 15.0. The molecule has 0 unspecified atom stereocenters. The number of hydrogen-bond donors (Lipinski definition) is 0. The summed E-state index contributed by atoms with van der Waals surface area (Å²) in [5, 5.41) is 4.35. The van der Waals surface area contributed by atoms with Crippen molar-refractivity contribution in [1.82, 2.24) is 4.57 Å². The number of rotatable bonds is 4.